The molecule has 0 amide bonds. The summed E-state index contributed by atoms with van der Waals surface area (Å²) in [6.07, 6.45) is 4.94. The lowest BCUT2D eigenvalue weighted by Crippen LogP contribution is -2.30. The van der Waals surface area contributed by atoms with Crippen molar-refractivity contribution in [1.29, 1.82) is 0 Å². The predicted octanol–water partition coefficient (Wildman–Crippen LogP) is 3.82. The van der Waals surface area contributed by atoms with Crippen molar-refractivity contribution in [3.63, 3.8) is 0 Å². The van der Waals surface area contributed by atoms with E-state index in [-0.39, 0.29) is 0 Å². The number of aryl methyl sites for hydroxylation is 1. The van der Waals surface area contributed by atoms with Crippen LogP contribution >= 0.6 is 11.6 Å². The first-order valence-electron chi connectivity index (χ1n) is 6.22. The van der Waals surface area contributed by atoms with Gasteiger partial charge in [0.15, 0.2) is 0 Å². The van der Waals surface area contributed by atoms with Crippen molar-refractivity contribution in [3.8, 4) is 0 Å². The minimum Gasteiger partial charge on any atom is -0.367 e. The summed E-state index contributed by atoms with van der Waals surface area (Å²) in [4.78, 5) is 8.42. The van der Waals surface area contributed by atoms with Gasteiger partial charge in [-0.1, -0.05) is 25.4 Å². The Kier molecular flexibility index (Phi) is 3.57. The molecule has 1 N–H and O–H groups in total. The summed E-state index contributed by atoms with van der Waals surface area (Å²) in [5.41, 5.74) is 0.497. The van der Waals surface area contributed by atoms with E-state index < -0.39 is 0 Å². The summed E-state index contributed by atoms with van der Waals surface area (Å²) >= 11 is 5.92. The van der Waals surface area contributed by atoms with Gasteiger partial charge >= 0.3 is 0 Å². The van der Waals surface area contributed by atoms with Gasteiger partial charge in [0.1, 0.15) is 16.8 Å². The summed E-state index contributed by atoms with van der Waals surface area (Å²) in [6.45, 7) is 6.55. The van der Waals surface area contributed by atoms with Gasteiger partial charge in [0.2, 0.25) is 0 Å². The minimum atomic E-state index is 0.497. The summed E-state index contributed by atoms with van der Waals surface area (Å²) in [7, 11) is 0. The lowest BCUT2D eigenvalue weighted by atomic mass is 9.75. The highest BCUT2D eigenvalue weighted by atomic mass is 35.5. The van der Waals surface area contributed by atoms with Crippen LogP contribution in [0.3, 0.4) is 0 Å². The van der Waals surface area contributed by atoms with Gasteiger partial charge in [0.25, 0.3) is 0 Å². The second kappa shape index (κ2) is 4.81. The van der Waals surface area contributed by atoms with Crippen LogP contribution in [0.2, 0.25) is 5.15 Å². The molecular weight excluding hydrogens is 234 g/mol. The molecule has 0 aliphatic heterocycles. The van der Waals surface area contributed by atoms with Crippen LogP contribution in [0, 0.1) is 12.3 Å². The van der Waals surface area contributed by atoms with Crippen molar-refractivity contribution in [2.45, 2.75) is 52.5 Å². The standard InChI is InChI=1S/C13H20ClN3/c1-9-15-11(14)8-12(16-9)17-10-4-6-13(2,3)7-5-10/h8,10H,4-7H2,1-3H3,(H,15,16,17). The molecule has 0 radical (unpaired) electrons. The van der Waals surface area contributed by atoms with E-state index in [0.29, 0.717) is 16.6 Å². The minimum absolute atomic E-state index is 0.497. The maximum absolute atomic E-state index is 5.92. The first-order valence-corrected chi connectivity index (χ1v) is 6.60. The molecule has 1 fully saturated rings. The fraction of sp³-hybridized carbons (Fsp3) is 0.692. The molecule has 1 saturated carbocycles. The van der Waals surface area contributed by atoms with Gasteiger partial charge in [-0.05, 0) is 38.0 Å². The number of hydrogen-bond acceptors (Lipinski definition) is 3. The average Bonchev–Trinajstić information content (AvgIpc) is 2.20. The van der Waals surface area contributed by atoms with Crippen molar-refractivity contribution in [3.05, 3.63) is 17.0 Å². The number of nitrogens with one attached hydrogen (secondary N) is 1. The van der Waals surface area contributed by atoms with Crippen LogP contribution in [0.25, 0.3) is 0 Å². The molecule has 3 nitrogen and oxygen atoms in total. The monoisotopic (exact) mass is 253 g/mol. The molecule has 0 spiro atoms. The summed E-state index contributed by atoms with van der Waals surface area (Å²) in [5, 5.41) is 3.98. The summed E-state index contributed by atoms with van der Waals surface area (Å²) in [6, 6.07) is 2.32. The molecule has 1 aliphatic rings. The zero-order chi connectivity index (χ0) is 12.5. The molecule has 1 aromatic rings. The van der Waals surface area contributed by atoms with E-state index in [4.69, 9.17) is 11.6 Å². The highest BCUT2D eigenvalue weighted by Gasteiger charge is 2.26. The number of aromatic nitrogens is 2. The predicted molar refractivity (Wildman–Crippen MR) is 71.4 cm³/mol. The van der Waals surface area contributed by atoms with Gasteiger partial charge in [0.05, 0.1) is 0 Å². The number of rotatable bonds is 2. The second-order valence-electron chi connectivity index (χ2n) is 5.71. The summed E-state index contributed by atoms with van der Waals surface area (Å²) < 4.78 is 0. The first kappa shape index (κ1) is 12.6. The Balaban J connectivity index is 1.97. The number of nitrogens with zero attached hydrogens (tertiary/aromatic N) is 2. The third kappa shape index (κ3) is 3.56. The van der Waals surface area contributed by atoms with Crippen LogP contribution in [-0.4, -0.2) is 16.0 Å². The molecule has 1 heterocycles. The first-order chi connectivity index (χ1) is 7.94. The van der Waals surface area contributed by atoms with Crippen molar-refractivity contribution in [1.82, 2.24) is 9.97 Å². The molecule has 94 valence electrons. The molecule has 0 bridgehead atoms. The second-order valence-corrected chi connectivity index (χ2v) is 6.09. The topological polar surface area (TPSA) is 37.8 Å². The average molecular weight is 254 g/mol. The van der Waals surface area contributed by atoms with E-state index in [1.165, 1.54) is 25.7 Å². The molecule has 0 unspecified atom stereocenters. The van der Waals surface area contributed by atoms with E-state index in [0.717, 1.165) is 11.6 Å². The van der Waals surface area contributed by atoms with Crippen LogP contribution in [-0.2, 0) is 0 Å². The van der Waals surface area contributed by atoms with E-state index in [2.05, 4.69) is 29.1 Å². The van der Waals surface area contributed by atoms with Crippen LogP contribution < -0.4 is 5.32 Å². The van der Waals surface area contributed by atoms with Gasteiger partial charge < -0.3 is 5.32 Å². The lowest BCUT2D eigenvalue weighted by Gasteiger charge is -2.34. The third-order valence-corrected chi connectivity index (χ3v) is 3.69. The Bertz CT molecular complexity index is 373. The van der Waals surface area contributed by atoms with Crippen LogP contribution in [0.5, 0.6) is 0 Å². The van der Waals surface area contributed by atoms with E-state index in [9.17, 15) is 0 Å². The molecule has 2 rings (SSSR count). The van der Waals surface area contributed by atoms with E-state index in [1.807, 2.05) is 6.92 Å². The Hall–Kier alpha value is -0.830. The number of anilines is 1. The largest absolute Gasteiger partial charge is 0.367 e. The number of hydrogen-bond donors (Lipinski definition) is 1. The molecule has 1 aliphatic carbocycles. The maximum atomic E-state index is 5.92. The molecule has 0 saturated heterocycles. The van der Waals surface area contributed by atoms with Crippen molar-refractivity contribution in [2.75, 3.05) is 5.32 Å². The zero-order valence-electron chi connectivity index (χ0n) is 10.8. The SMILES string of the molecule is Cc1nc(Cl)cc(NC2CCC(C)(C)CC2)n1. The molecule has 0 aromatic carbocycles. The molecular formula is C13H20ClN3. The number of halogens is 1. The Morgan fingerprint density at radius 1 is 1.29 bits per heavy atom. The Morgan fingerprint density at radius 2 is 1.94 bits per heavy atom. The van der Waals surface area contributed by atoms with Crippen molar-refractivity contribution in [2.24, 2.45) is 5.41 Å². The molecule has 0 atom stereocenters. The Morgan fingerprint density at radius 3 is 2.53 bits per heavy atom. The molecule has 4 heteroatoms. The highest BCUT2D eigenvalue weighted by Crippen LogP contribution is 2.35. The fourth-order valence-corrected chi connectivity index (χ4v) is 2.58. The lowest BCUT2D eigenvalue weighted by molar-refractivity contribution is 0.232. The van der Waals surface area contributed by atoms with Gasteiger partial charge in [-0.3, -0.25) is 0 Å². The van der Waals surface area contributed by atoms with Gasteiger partial charge in [-0.25, -0.2) is 9.97 Å². The summed E-state index contributed by atoms with van der Waals surface area (Å²) in [5.74, 6) is 1.57. The van der Waals surface area contributed by atoms with Crippen LogP contribution in [0.4, 0.5) is 5.82 Å². The fourth-order valence-electron chi connectivity index (χ4n) is 2.36. The molecule has 1 aromatic heterocycles. The van der Waals surface area contributed by atoms with E-state index >= 15 is 0 Å². The van der Waals surface area contributed by atoms with Crippen molar-refractivity contribution < 1.29 is 0 Å². The molecule has 17 heavy (non-hydrogen) atoms. The van der Waals surface area contributed by atoms with Gasteiger partial charge in [-0.15, -0.1) is 0 Å². The highest BCUT2D eigenvalue weighted by molar-refractivity contribution is 6.29. The smallest absolute Gasteiger partial charge is 0.134 e. The maximum Gasteiger partial charge on any atom is 0.134 e. The van der Waals surface area contributed by atoms with Gasteiger partial charge in [-0.2, -0.15) is 0 Å². The third-order valence-electron chi connectivity index (χ3n) is 3.50. The van der Waals surface area contributed by atoms with Crippen molar-refractivity contribution >= 4 is 17.4 Å². The normalized spacial score (nSPS) is 20.2. The quantitative estimate of drug-likeness (QED) is 0.815. The van der Waals surface area contributed by atoms with Crippen LogP contribution in [0.1, 0.15) is 45.4 Å². The van der Waals surface area contributed by atoms with E-state index in [1.54, 1.807) is 6.07 Å². The zero-order valence-corrected chi connectivity index (χ0v) is 11.5. The van der Waals surface area contributed by atoms with Gasteiger partial charge in [0, 0.05) is 12.1 Å². The Labute approximate surface area is 108 Å². The van der Waals surface area contributed by atoms with Crippen LogP contribution in [0.15, 0.2) is 6.07 Å².